The molecule has 2 fully saturated rings. The molecule has 10 nitrogen and oxygen atoms in total. The average Bonchev–Trinajstić information content (AvgIpc) is 2.83. The van der Waals surface area contributed by atoms with Crippen molar-refractivity contribution in [2.45, 2.75) is 45.1 Å². The van der Waals surface area contributed by atoms with Crippen LogP contribution < -0.4 is 15.4 Å². The Morgan fingerprint density at radius 1 is 1.09 bits per heavy atom. The molecule has 1 aromatic carbocycles. The number of hydrogen-bond acceptors (Lipinski definition) is 6. The third kappa shape index (κ3) is 6.91. The van der Waals surface area contributed by atoms with Crippen LogP contribution in [-0.2, 0) is 19.8 Å². The molecular formula is C23H37N5O5S. The molecule has 190 valence electrons. The topological polar surface area (TPSA) is 111 Å². The number of carbonyl (C=O) groups is 2. The van der Waals surface area contributed by atoms with Gasteiger partial charge in [0.1, 0.15) is 5.75 Å². The largest absolute Gasteiger partial charge is 0.495 e. The van der Waals surface area contributed by atoms with Crippen LogP contribution in [0.3, 0.4) is 0 Å². The number of carbonyl (C=O) groups excluding carboxylic acids is 2. The lowest BCUT2D eigenvalue weighted by molar-refractivity contribution is -0.125. The quantitative estimate of drug-likeness (QED) is 0.532. The minimum absolute atomic E-state index is 0.0773. The highest BCUT2D eigenvalue weighted by atomic mass is 32.2. The maximum Gasteiger partial charge on any atom is 0.282 e. The summed E-state index contributed by atoms with van der Waals surface area (Å²) in [6.45, 7) is 3.51. The molecule has 0 aromatic heterocycles. The number of ether oxygens (including phenoxy) is 1. The van der Waals surface area contributed by atoms with E-state index >= 15 is 0 Å². The van der Waals surface area contributed by atoms with Crippen molar-refractivity contribution in [1.82, 2.24) is 18.8 Å². The first-order valence-corrected chi connectivity index (χ1v) is 13.3. The van der Waals surface area contributed by atoms with Gasteiger partial charge in [-0.05, 0) is 37.5 Å². The average molecular weight is 496 g/mol. The highest BCUT2D eigenvalue weighted by Crippen LogP contribution is 2.26. The third-order valence-corrected chi connectivity index (χ3v) is 8.60. The molecule has 0 radical (unpaired) electrons. The Kier molecular flexibility index (Phi) is 9.29. The normalized spacial score (nSPS) is 18.6. The highest BCUT2D eigenvalue weighted by molar-refractivity contribution is 7.86. The van der Waals surface area contributed by atoms with Crippen LogP contribution in [0, 0.1) is 6.92 Å². The van der Waals surface area contributed by atoms with Gasteiger partial charge in [0.25, 0.3) is 10.2 Å². The molecule has 1 heterocycles. The van der Waals surface area contributed by atoms with Crippen LogP contribution in [0.5, 0.6) is 5.75 Å². The molecule has 34 heavy (non-hydrogen) atoms. The number of nitrogens with one attached hydrogen (secondary N) is 2. The van der Waals surface area contributed by atoms with Crippen molar-refractivity contribution in [2.75, 3.05) is 58.7 Å². The SMILES string of the molecule is COc1ccc(C)cc1NC(=O)CNC(=O)CN1CCN(S(=O)(=O)N(C)C2CCCCC2)CC1. The first-order chi connectivity index (χ1) is 16.2. The molecule has 1 aliphatic heterocycles. The standard InChI is InChI=1S/C23H37N5O5S/c1-18-9-10-21(33-3)20(15-18)25-22(29)16-24-23(30)17-27-11-13-28(14-12-27)34(31,32)26(2)19-7-5-4-6-8-19/h9-10,15,19H,4-8,11-14,16-17H2,1-3H3,(H,24,30)(H,25,29). The highest BCUT2D eigenvalue weighted by Gasteiger charge is 2.34. The predicted molar refractivity (Wildman–Crippen MR) is 131 cm³/mol. The Labute approximate surface area is 202 Å². The van der Waals surface area contributed by atoms with E-state index < -0.39 is 10.2 Å². The maximum atomic E-state index is 13.0. The smallest absolute Gasteiger partial charge is 0.282 e. The Bertz CT molecular complexity index is 956. The van der Waals surface area contributed by atoms with Crippen LogP contribution in [-0.4, -0.2) is 93.2 Å². The summed E-state index contributed by atoms with van der Waals surface area (Å²) in [5.74, 6) is -0.0758. The summed E-state index contributed by atoms with van der Waals surface area (Å²) in [7, 11) is -0.285. The van der Waals surface area contributed by atoms with Crippen molar-refractivity contribution < 1.29 is 22.7 Å². The van der Waals surface area contributed by atoms with E-state index in [0.717, 1.165) is 31.2 Å². The van der Waals surface area contributed by atoms with E-state index in [1.54, 1.807) is 19.2 Å². The number of piperazine rings is 1. The molecule has 2 amide bonds. The van der Waals surface area contributed by atoms with Crippen molar-refractivity contribution in [1.29, 1.82) is 0 Å². The summed E-state index contributed by atoms with van der Waals surface area (Å²) in [4.78, 5) is 26.5. The van der Waals surface area contributed by atoms with Crippen LogP contribution >= 0.6 is 0 Å². The summed E-state index contributed by atoms with van der Waals surface area (Å²) < 4.78 is 34.3. The van der Waals surface area contributed by atoms with Gasteiger partial charge in [0.15, 0.2) is 0 Å². The number of nitrogens with zero attached hydrogens (tertiary/aromatic N) is 3. The number of amides is 2. The number of anilines is 1. The molecule has 2 aliphatic rings. The number of rotatable bonds is 9. The van der Waals surface area contributed by atoms with Crippen molar-refractivity contribution in [3.63, 3.8) is 0 Å². The van der Waals surface area contributed by atoms with Crippen molar-refractivity contribution >= 4 is 27.7 Å². The Morgan fingerprint density at radius 2 is 1.76 bits per heavy atom. The van der Waals surface area contributed by atoms with E-state index in [9.17, 15) is 18.0 Å². The molecule has 1 aliphatic carbocycles. The second-order valence-corrected chi connectivity index (χ2v) is 11.0. The molecule has 0 spiro atoms. The molecule has 0 unspecified atom stereocenters. The Balaban J connectivity index is 1.41. The summed E-state index contributed by atoms with van der Waals surface area (Å²) in [6, 6.07) is 5.54. The molecule has 2 N–H and O–H groups in total. The summed E-state index contributed by atoms with van der Waals surface area (Å²) in [5, 5.41) is 5.38. The number of aryl methyl sites for hydroxylation is 1. The zero-order valence-electron chi connectivity index (χ0n) is 20.4. The summed E-state index contributed by atoms with van der Waals surface area (Å²) in [6.07, 6.45) is 5.15. The monoisotopic (exact) mass is 495 g/mol. The second-order valence-electron chi connectivity index (χ2n) is 9.02. The van der Waals surface area contributed by atoms with E-state index in [4.69, 9.17) is 4.74 Å². The first-order valence-electron chi connectivity index (χ1n) is 11.9. The molecule has 1 saturated carbocycles. The van der Waals surface area contributed by atoms with E-state index in [-0.39, 0.29) is 30.9 Å². The van der Waals surface area contributed by atoms with Gasteiger partial charge in [0.2, 0.25) is 11.8 Å². The van der Waals surface area contributed by atoms with Crippen LogP contribution in [0.2, 0.25) is 0 Å². The fourth-order valence-electron chi connectivity index (χ4n) is 4.49. The lowest BCUT2D eigenvalue weighted by Crippen LogP contribution is -2.55. The third-order valence-electron chi connectivity index (χ3n) is 6.55. The van der Waals surface area contributed by atoms with Gasteiger partial charge in [0, 0.05) is 39.3 Å². The molecule has 0 bridgehead atoms. The zero-order chi connectivity index (χ0) is 24.7. The number of benzene rings is 1. The van der Waals surface area contributed by atoms with Gasteiger partial charge in [-0.25, -0.2) is 0 Å². The predicted octanol–water partition coefficient (Wildman–Crippen LogP) is 1.19. The van der Waals surface area contributed by atoms with Crippen LogP contribution in [0.1, 0.15) is 37.7 Å². The summed E-state index contributed by atoms with van der Waals surface area (Å²) in [5.41, 5.74) is 1.53. The van der Waals surface area contributed by atoms with E-state index in [2.05, 4.69) is 10.6 Å². The molecule has 0 atom stereocenters. The van der Waals surface area contributed by atoms with Crippen molar-refractivity contribution in [3.8, 4) is 5.75 Å². The molecule has 1 saturated heterocycles. The Morgan fingerprint density at radius 3 is 2.41 bits per heavy atom. The van der Waals surface area contributed by atoms with Crippen LogP contribution in [0.25, 0.3) is 0 Å². The molecular weight excluding hydrogens is 458 g/mol. The minimum Gasteiger partial charge on any atom is -0.495 e. The fraction of sp³-hybridized carbons (Fsp3) is 0.652. The fourth-order valence-corrected chi connectivity index (χ4v) is 6.06. The van der Waals surface area contributed by atoms with Gasteiger partial charge in [-0.1, -0.05) is 25.3 Å². The van der Waals surface area contributed by atoms with Crippen LogP contribution in [0.15, 0.2) is 18.2 Å². The maximum absolute atomic E-state index is 13.0. The molecule has 3 rings (SSSR count). The number of hydrogen-bond donors (Lipinski definition) is 2. The van der Waals surface area contributed by atoms with Crippen molar-refractivity contribution in [3.05, 3.63) is 23.8 Å². The van der Waals surface area contributed by atoms with Gasteiger partial charge in [0.05, 0.1) is 25.9 Å². The second kappa shape index (κ2) is 12.0. The molecule has 1 aromatic rings. The van der Waals surface area contributed by atoms with Gasteiger partial charge >= 0.3 is 0 Å². The van der Waals surface area contributed by atoms with Crippen molar-refractivity contribution in [2.24, 2.45) is 0 Å². The minimum atomic E-state index is -3.50. The van der Waals surface area contributed by atoms with Gasteiger partial charge in [-0.15, -0.1) is 0 Å². The molecule has 11 heteroatoms. The van der Waals surface area contributed by atoms with E-state index in [1.807, 2.05) is 17.9 Å². The lowest BCUT2D eigenvalue weighted by Gasteiger charge is -2.38. The van der Waals surface area contributed by atoms with E-state index in [0.29, 0.717) is 37.6 Å². The van der Waals surface area contributed by atoms with Crippen LogP contribution in [0.4, 0.5) is 5.69 Å². The Hall–Kier alpha value is -2.21. The lowest BCUT2D eigenvalue weighted by atomic mass is 9.96. The zero-order valence-corrected chi connectivity index (χ0v) is 21.2. The van der Waals surface area contributed by atoms with E-state index in [1.165, 1.54) is 22.1 Å². The van der Waals surface area contributed by atoms with Gasteiger partial charge in [-0.3, -0.25) is 14.5 Å². The summed E-state index contributed by atoms with van der Waals surface area (Å²) >= 11 is 0. The first kappa shape index (κ1) is 26.4. The van der Waals surface area contributed by atoms with Gasteiger partial charge < -0.3 is 15.4 Å². The number of methoxy groups -OCH3 is 1. The van der Waals surface area contributed by atoms with Gasteiger partial charge in [-0.2, -0.15) is 17.0 Å².